The van der Waals surface area contributed by atoms with Crippen LogP contribution in [-0.2, 0) is 11.2 Å². The lowest BCUT2D eigenvalue weighted by Gasteiger charge is -2.37. The van der Waals surface area contributed by atoms with Crippen molar-refractivity contribution in [3.63, 3.8) is 0 Å². The normalized spacial score (nSPS) is 21.3. The summed E-state index contributed by atoms with van der Waals surface area (Å²) in [6.45, 7) is 4.20. The number of carbonyl (C=O) groups excluding carboxylic acids is 2. The summed E-state index contributed by atoms with van der Waals surface area (Å²) in [4.78, 5) is 38.2. The van der Waals surface area contributed by atoms with Crippen LogP contribution in [0.1, 0.15) is 61.0 Å². The van der Waals surface area contributed by atoms with Crippen LogP contribution in [-0.4, -0.2) is 86.3 Å². The number of fused-ring (bicyclic) bond motifs is 1. The maximum atomic E-state index is 13.6. The molecule has 0 radical (unpaired) electrons. The Kier molecular flexibility index (Phi) is 8.65. The van der Waals surface area contributed by atoms with Crippen LogP contribution in [0.5, 0.6) is 5.88 Å². The highest BCUT2D eigenvalue weighted by atomic mass is 16.5. The van der Waals surface area contributed by atoms with E-state index in [0.29, 0.717) is 31.5 Å². The summed E-state index contributed by atoms with van der Waals surface area (Å²) in [5, 5.41) is 20.5. The first kappa shape index (κ1) is 27.6. The fourth-order valence-corrected chi connectivity index (χ4v) is 4.84. The minimum Gasteiger partial charge on any atom is -0.472 e. The molecule has 3 atom stereocenters. The standard InChI is InChI=1S/C29H36N4O5/c1-20-17-33(21(2)19-34)28(36)24-14-23(6-11-29(37)9-4-5-10-29)16-31-27(24)38-25(20)18-32(3)26(35)15-22-7-12-30-13-8-22/h7-8,12-14,16,20-21,25,34,37H,4-5,9-10,15,17-19H2,1-3H3/t20-,21-,25+/m0/s1. The van der Waals surface area contributed by atoms with Crippen LogP contribution in [0, 0.1) is 17.8 Å². The van der Waals surface area contributed by atoms with Crippen molar-refractivity contribution < 1.29 is 24.5 Å². The predicted octanol–water partition coefficient (Wildman–Crippen LogP) is 2.05. The van der Waals surface area contributed by atoms with E-state index in [2.05, 4.69) is 21.8 Å². The van der Waals surface area contributed by atoms with Gasteiger partial charge >= 0.3 is 0 Å². The molecule has 38 heavy (non-hydrogen) atoms. The summed E-state index contributed by atoms with van der Waals surface area (Å²) >= 11 is 0. The SMILES string of the molecule is C[C@H]1CN([C@@H](C)CO)C(=O)c2cc(C#CC3(O)CCCC3)cnc2O[C@@H]1CN(C)C(=O)Cc1ccncc1. The van der Waals surface area contributed by atoms with Crippen molar-refractivity contribution in [3.05, 3.63) is 53.5 Å². The third-order valence-electron chi connectivity index (χ3n) is 7.38. The van der Waals surface area contributed by atoms with Crippen LogP contribution in [0.4, 0.5) is 0 Å². The van der Waals surface area contributed by atoms with Crippen LogP contribution in [0.25, 0.3) is 0 Å². The molecule has 1 saturated carbocycles. The molecule has 1 aliphatic heterocycles. The van der Waals surface area contributed by atoms with Crippen LogP contribution in [0.3, 0.4) is 0 Å². The molecule has 4 rings (SSSR count). The minimum absolute atomic E-state index is 0.0608. The van der Waals surface area contributed by atoms with Crippen LogP contribution >= 0.6 is 0 Å². The molecule has 2 amide bonds. The molecular formula is C29H36N4O5. The lowest BCUT2D eigenvalue weighted by molar-refractivity contribution is -0.130. The van der Waals surface area contributed by atoms with E-state index in [1.54, 1.807) is 48.4 Å². The second-order valence-corrected chi connectivity index (χ2v) is 10.5. The second-order valence-electron chi connectivity index (χ2n) is 10.5. The first-order chi connectivity index (χ1) is 18.2. The molecule has 2 aromatic rings. The first-order valence-electron chi connectivity index (χ1n) is 13.2. The van der Waals surface area contributed by atoms with Gasteiger partial charge in [-0.25, -0.2) is 4.98 Å². The Morgan fingerprint density at radius 2 is 2.03 bits per heavy atom. The largest absolute Gasteiger partial charge is 0.472 e. The topological polar surface area (TPSA) is 116 Å². The number of nitrogens with zero attached hydrogens (tertiary/aromatic N) is 4. The Morgan fingerprint density at radius 3 is 2.71 bits per heavy atom. The van der Waals surface area contributed by atoms with Gasteiger partial charge in [-0.05, 0) is 56.4 Å². The summed E-state index contributed by atoms with van der Waals surface area (Å²) in [7, 11) is 1.73. The quantitative estimate of drug-likeness (QED) is 0.560. The van der Waals surface area contributed by atoms with E-state index in [1.807, 2.05) is 19.1 Å². The van der Waals surface area contributed by atoms with Gasteiger partial charge in [0.1, 0.15) is 17.3 Å². The lowest BCUT2D eigenvalue weighted by Crippen LogP contribution is -2.50. The van der Waals surface area contributed by atoms with Crippen molar-refractivity contribution in [2.45, 2.75) is 63.7 Å². The average molecular weight is 521 g/mol. The third-order valence-corrected chi connectivity index (χ3v) is 7.38. The monoisotopic (exact) mass is 520 g/mol. The van der Waals surface area contributed by atoms with Gasteiger partial charge in [0, 0.05) is 43.7 Å². The number of likely N-dealkylation sites (N-methyl/N-ethyl adjacent to an activating group) is 1. The van der Waals surface area contributed by atoms with E-state index >= 15 is 0 Å². The van der Waals surface area contributed by atoms with Crippen molar-refractivity contribution in [1.29, 1.82) is 0 Å². The van der Waals surface area contributed by atoms with Crippen LogP contribution in [0.15, 0.2) is 36.8 Å². The van der Waals surface area contributed by atoms with Crippen LogP contribution < -0.4 is 4.74 Å². The van der Waals surface area contributed by atoms with Crippen molar-refractivity contribution in [3.8, 4) is 17.7 Å². The first-order valence-corrected chi connectivity index (χ1v) is 13.2. The fourth-order valence-electron chi connectivity index (χ4n) is 4.84. The molecule has 9 heteroatoms. The molecule has 0 spiro atoms. The van der Waals surface area contributed by atoms with Gasteiger partial charge in [-0.3, -0.25) is 14.6 Å². The van der Waals surface area contributed by atoms with Gasteiger partial charge in [0.15, 0.2) is 0 Å². The van der Waals surface area contributed by atoms with Crippen molar-refractivity contribution in [1.82, 2.24) is 19.8 Å². The summed E-state index contributed by atoms with van der Waals surface area (Å²) in [5.74, 6) is 5.60. The molecule has 3 heterocycles. The number of aliphatic hydroxyl groups is 2. The van der Waals surface area contributed by atoms with E-state index in [1.165, 1.54) is 0 Å². The van der Waals surface area contributed by atoms with Crippen molar-refractivity contribution >= 4 is 11.8 Å². The molecule has 0 saturated heterocycles. The van der Waals surface area contributed by atoms with E-state index in [9.17, 15) is 19.8 Å². The van der Waals surface area contributed by atoms with Gasteiger partial charge in [0.05, 0.1) is 25.6 Å². The molecular weight excluding hydrogens is 484 g/mol. The average Bonchev–Trinajstić information content (AvgIpc) is 3.36. The Hall–Kier alpha value is -3.48. The number of amides is 2. The van der Waals surface area contributed by atoms with E-state index in [-0.39, 0.29) is 42.2 Å². The fraction of sp³-hybridized carbons (Fsp3) is 0.517. The molecule has 2 aromatic heterocycles. The van der Waals surface area contributed by atoms with Gasteiger partial charge in [-0.2, -0.15) is 0 Å². The number of hydrogen-bond donors (Lipinski definition) is 2. The summed E-state index contributed by atoms with van der Waals surface area (Å²) < 4.78 is 6.28. The molecule has 2 N–H and O–H groups in total. The highest BCUT2D eigenvalue weighted by Gasteiger charge is 2.35. The molecule has 0 unspecified atom stereocenters. The smallest absolute Gasteiger partial charge is 0.259 e. The molecule has 9 nitrogen and oxygen atoms in total. The number of rotatable bonds is 6. The maximum Gasteiger partial charge on any atom is 0.259 e. The Labute approximate surface area is 223 Å². The summed E-state index contributed by atoms with van der Waals surface area (Å²) in [6, 6.07) is 4.84. The van der Waals surface area contributed by atoms with Crippen LogP contribution in [0.2, 0.25) is 0 Å². The molecule has 202 valence electrons. The zero-order chi connectivity index (χ0) is 27.3. The second kappa shape index (κ2) is 11.9. The molecule has 0 aromatic carbocycles. The number of aliphatic hydroxyl groups excluding tert-OH is 1. The number of hydrogen-bond acceptors (Lipinski definition) is 7. The summed E-state index contributed by atoms with van der Waals surface area (Å²) in [6.07, 6.45) is 7.81. The van der Waals surface area contributed by atoms with E-state index < -0.39 is 17.7 Å². The molecule has 1 aliphatic carbocycles. The summed E-state index contributed by atoms with van der Waals surface area (Å²) in [5.41, 5.74) is 0.626. The Balaban J connectivity index is 1.60. The molecule has 2 aliphatic rings. The van der Waals surface area contributed by atoms with Gasteiger partial charge in [-0.15, -0.1) is 0 Å². The van der Waals surface area contributed by atoms with Gasteiger partial charge in [0.25, 0.3) is 5.91 Å². The Bertz CT molecular complexity index is 1200. The van der Waals surface area contributed by atoms with Crippen molar-refractivity contribution in [2.75, 3.05) is 26.7 Å². The van der Waals surface area contributed by atoms with E-state index in [0.717, 1.165) is 18.4 Å². The third kappa shape index (κ3) is 6.50. The van der Waals surface area contributed by atoms with Gasteiger partial charge in [-0.1, -0.05) is 18.8 Å². The highest BCUT2D eigenvalue weighted by molar-refractivity contribution is 5.97. The number of pyridine rings is 2. The number of aromatic nitrogens is 2. The molecule has 1 fully saturated rings. The number of ether oxygens (including phenoxy) is 1. The van der Waals surface area contributed by atoms with Gasteiger partial charge < -0.3 is 24.7 Å². The van der Waals surface area contributed by atoms with Gasteiger partial charge in [0.2, 0.25) is 11.8 Å². The van der Waals surface area contributed by atoms with Crippen molar-refractivity contribution in [2.24, 2.45) is 5.92 Å². The molecule has 0 bridgehead atoms. The minimum atomic E-state index is -1.00. The highest BCUT2D eigenvalue weighted by Crippen LogP contribution is 2.30. The van der Waals surface area contributed by atoms with E-state index in [4.69, 9.17) is 4.74 Å². The Morgan fingerprint density at radius 1 is 1.32 bits per heavy atom. The zero-order valence-electron chi connectivity index (χ0n) is 22.3. The number of carbonyl (C=O) groups is 2. The lowest BCUT2D eigenvalue weighted by atomic mass is 9.99. The zero-order valence-corrected chi connectivity index (χ0v) is 22.3. The predicted molar refractivity (Wildman–Crippen MR) is 141 cm³/mol. The maximum absolute atomic E-state index is 13.6.